The zero-order chi connectivity index (χ0) is 41.5. The number of aromatic nitrogens is 4. The van der Waals surface area contributed by atoms with Gasteiger partial charge in [0.05, 0.1) is 55.6 Å². The molecule has 59 heavy (non-hydrogen) atoms. The van der Waals surface area contributed by atoms with Crippen molar-refractivity contribution in [3.8, 4) is 39.6 Å². The molecule has 8 rings (SSSR count). The van der Waals surface area contributed by atoms with Crippen molar-refractivity contribution in [3.05, 3.63) is 66.0 Å². The number of hydrogen-bond donors (Lipinski definition) is 4. The molecule has 3 aliphatic heterocycles. The van der Waals surface area contributed by atoms with Crippen LogP contribution in [0.1, 0.15) is 82.7 Å². The Hall–Kier alpha value is -6.32. The first kappa shape index (κ1) is 39.5. The molecule has 16 heteroatoms. The van der Waals surface area contributed by atoms with Crippen molar-refractivity contribution >= 4 is 35.0 Å². The number of amides is 4. The van der Waals surface area contributed by atoms with Crippen LogP contribution < -0.4 is 15.4 Å². The molecule has 4 N–H and O–H groups in total. The third-order valence-corrected chi connectivity index (χ3v) is 11.7. The summed E-state index contributed by atoms with van der Waals surface area (Å²) in [5, 5.41) is 6.33. The number of benzene rings is 2. The maximum atomic E-state index is 13.6. The Morgan fingerprint density at radius 1 is 0.763 bits per heavy atom. The summed E-state index contributed by atoms with van der Waals surface area (Å²) in [6.45, 7) is 9.04. The van der Waals surface area contributed by atoms with E-state index >= 15 is 0 Å². The molecule has 2 aromatic carbocycles. The molecule has 16 nitrogen and oxygen atoms in total. The quantitative estimate of drug-likeness (QED) is 0.116. The Labute approximate surface area is 341 Å². The Balaban J connectivity index is 0.995. The predicted molar refractivity (Wildman–Crippen MR) is 217 cm³/mol. The largest absolute Gasteiger partial charge is 0.488 e. The molecular weight excluding hydrogens is 757 g/mol. The topological polar surface area (TPSA) is 197 Å². The second-order valence-electron chi connectivity index (χ2n) is 16.1. The average molecular weight is 807 g/mol. The summed E-state index contributed by atoms with van der Waals surface area (Å²) in [6, 6.07) is 10.1. The predicted octanol–water partition coefficient (Wildman–Crippen LogP) is 6.86. The molecule has 2 saturated heterocycles. The molecule has 0 saturated carbocycles. The Morgan fingerprint density at radius 2 is 1.29 bits per heavy atom. The summed E-state index contributed by atoms with van der Waals surface area (Å²) in [6.07, 6.45) is 5.45. The summed E-state index contributed by atoms with van der Waals surface area (Å²) < 4.78 is 22.3. The fourth-order valence-corrected chi connectivity index (χ4v) is 8.51. The highest BCUT2D eigenvalue weighted by atomic mass is 16.5. The number of ether oxygens (including phenoxy) is 3. The molecule has 6 heterocycles. The summed E-state index contributed by atoms with van der Waals surface area (Å²) in [5.74, 6) is 2.26. The van der Waals surface area contributed by atoms with Crippen LogP contribution in [0.15, 0.2) is 53.2 Å². The third-order valence-electron chi connectivity index (χ3n) is 11.7. The maximum Gasteiger partial charge on any atom is 0.407 e. The van der Waals surface area contributed by atoms with Crippen LogP contribution in [0.4, 0.5) is 9.59 Å². The van der Waals surface area contributed by atoms with Gasteiger partial charge in [-0.2, -0.15) is 0 Å². The minimum absolute atomic E-state index is 0.123. The minimum Gasteiger partial charge on any atom is -0.488 e. The monoisotopic (exact) mass is 806 g/mol. The number of imidazole rings is 2. The number of nitrogens with one attached hydrogen (secondary N) is 4. The third kappa shape index (κ3) is 7.47. The van der Waals surface area contributed by atoms with Crippen LogP contribution in [0, 0.1) is 11.8 Å². The number of furan rings is 1. The van der Waals surface area contributed by atoms with Crippen LogP contribution >= 0.6 is 0 Å². The Kier molecular flexibility index (Phi) is 10.8. The number of carbonyl (C=O) groups is 4. The van der Waals surface area contributed by atoms with Crippen molar-refractivity contribution < 1.29 is 37.8 Å². The zero-order valence-corrected chi connectivity index (χ0v) is 34.1. The molecule has 4 amide bonds. The maximum absolute atomic E-state index is 13.6. The number of hydrogen-bond acceptors (Lipinski definition) is 10. The number of aromatic amines is 2. The molecule has 0 radical (unpaired) electrons. The lowest BCUT2D eigenvalue weighted by atomic mass is 9.99. The molecule has 310 valence electrons. The highest BCUT2D eigenvalue weighted by molar-refractivity contribution is 5.93. The van der Waals surface area contributed by atoms with Crippen molar-refractivity contribution in [2.45, 2.75) is 84.2 Å². The van der Waals surface area contributed by atoms with Crippen LogP contribution in [-0.2, 0) is 25.7 Å². The smallest absolute Gasteiger partial charge is 0.407 e. The normalized spacial score (nSPS) is 18.4. The number of rotatable bonds is 10. The molecule has 0 unspecified atom stereocenters. The first-order valence-corrected chi connectivity index (χ1v) is 20.2. The number of methoxy groups -OCH3 is 2. The van der Waals surface area contributed by atoms with E-state index in [1.165, 1.54) is 14.2 Å². The van der Waals surface area contributed by atoms with Gasteiger partial charge in [0.15, 0.2) is 0 Å². The van der Waals surface area contributed by atoms with Gasteiger partial charge in [0.1, 0.15) is 47.4 Å². The summed E-state index contributed by atoms with van der Waals surface area (Å²) >= 11 is 0. The van der Waals surface area contributed by atoms with Gasteiger partial charge in [-0.15, -0.1) is 0 Å². The van der Waals surface area contributed by atoms with Gasteiger partial charge >= 0.3 is 12.2 Å². The SMILES string of the molecule is COC(=O)N[C@H](C(=O)N1CCC[C@H]1c1ncc(-c2ccc3c(c2)OCc2c-3oc3ccc(-c4cnc([C@@H]5CCCN5C(=O)[C@@H](NC(=O)OC)C(C)C)[nH]4)cc23)[nH]1)C(C)C. The van der Waals surface area contributed by atoms with Gasteiger partial charge < -0.3 is 49.0 Å². The lowest BCUT2D eigenvalue weighted by Gasteiger charge is -2.30. The number of likely N-dealkylation sites (tertiary alicyclic amines) is 2. The van der Waals surface area contributed by atoms with Gasteiger partial charge in [-0.1, -0.05) is 33.8 Å². The molecule has 4 atom stereocenters. The molecule has 3 aromatic heterocycles. The first-order valence-electron chi connectivity index (χ1n) is 20.2. The molecule has 5 aromatic rings. The van der Waals surface area contributed by atoms with Gasteiger partial charge in [0, 0.05) is 35.2 Å². The molecular formula is C43H50N8O8. The van der Waals surface area contributed by atoms with Crippen molar-refractivity contribution in [1.82, 2.24) is 40.4 Å². The van der Waals surface area contributed by atoms with Gasteiger partial charge in [0.25, 0.3) is 0 Å². The average Bonchev–Trinajstić information content (AvgIpc) is 4.09. The standard InChI is InChI=1S/C43H50N8O8/c1-22(2)35(48-42(54)56-5)40(52)50-15-7-9-31(50)38-44-19-29(46-38)24-12-14-33-27(17-24)28-21-58-34-18-25(11-13-26(34)37(28)59-33)30-20-45-39(47-30)32-10-8-16-51(32)41(53)36(23(3)4)49-43(55)57-6/h11-14,17-20,22-23,31-32,35-36H,7-10,15-16,21H2,1-6H3,(H,44,46)(H,45,47)(H,48,54)(H,49,55)/t31-,32-,35-,36-/m0/s1. The van der Waals surface area contributed by atoms with Crippen LogP contribution in [0.3, 0.4) is 0 Å². The van der Waals surface area contributed by atoms with Gasteiger partial charge in [0.2, 0.25) is 11.8 Å². The van der Waals surface area contributed by atoms with Crippen molar-refractivity contribution in [2.75, 3.05) is 27.3 Å². The van der Waals surface area contributed by atoms with E-state index in [4.69, 9.17) is 28.6 Å². The van der Waals surface area contributed by atoms with E-state index in [-0.39, 0.29) is 35.7 Å². The van der Waals surface area contributed by atoms with Crippen LogP contribution in [0.2, 0.25) is 0 Å². The van der Waals surface area contributed by atoms with Gasteiger partial charge in [-0.3, -0.25) is 9.59 Å². The lowest BCUT2D eigenvalue weighted by molar-refractivity contribution is -0.136. The molecule has 3 aliphatic rings. The van der Waals surface area contributed by atoms with Gasteiger partial charge in [-0.05, 0) is 67.9 Å². The Morgan fingerprint density at radius 3 is 1.81 bits per heavy atom. The van der Waals surface area contributed by atoms with Crippen molar-refractivity contribution in [1.29, 1.82) is 0 Å². The number of alkyl carbamates (subject to hydrolysis) is 2. The molecule has 2 fully saturated rings. The lowest BCUT2D eigenvalue weighted by Crippen LogP contribution is -2.51. The number of H-pyrrole nitrogens is 2. The van der Waals surface area contributed by atoms with Gasteiger partial charge in [-0.25, -0.2) is 19.6 Å². The fraction of sp³-hybridized carbons (Fsp3) is 0.442. The van der Waals surface area contributed by atoms with E-state index in [2.05, 4.69) is 26.7 Å². The number of carbonyl (C=O) groups excluding carboxylic acids is 4. The van der Waals surface area contributed by atoms with Crippen molar-refractivity contribution in [3.63, 3.8) is 0 Å². The van der Waals surface area contributed by atoms with Crippen molar-refractivity contribution in [2.24, 2.45) is 11.8 Å². The summed E-state index contributed by atoms with van der Waals surface area (Å²) in [7, 11) is 2.57. The van der Waals surface area contributed by atoms with E-state index < -0.39 is 24.3 Å². The first-order chi connectivity index (χ1) is 28.4. The highest BCUT2D eigenvalue weighted by Crippen LogP contribution is 2.45. The second kappa shape index (κ2) is 16.1. The number of nitrogens with zero attached hydrogens (tertiary/aromatic N) is 4. The highest BCUT2D eigenvalue weighted by Gasteiger charge is 2.39. The van der Waals surface area contributed by atoms with E-state index in [1.807, 2.05) is 58.0 Å². The molecule has 0 bridgehead atoms. The van der Waals surface area contributed by atoms with E-state index in [0.29, 0.717) is 37.1 Å². The second-order valence-corrected chi connectivity index (χ2v) is 16.1. The summed E-state index contributed by atoms with van der Waals surface area (Å²) in [5.41, 5.74) is 5.93. The van der Waals surface area contributed by atoms with Crippen LogP contribution in [0.25, 0.3) is 44.8 Å². The zero-order valence-electron chi connectivity index (χ0n) is 34.1. The van der Waals surface area contributed by atoms with E-state index in [0.717, 1.165) is 76.1 Å². The van der Waals surface area contributed by atoms with Crippen LogP contribution in [-0.4, -0.2) is 93.1 Å². The number of fused-ring (bicyclic) bond motifs is 5. The Bertz CT molecular complexity index is 2400. The van der Waals surface area contributed by atoms with E-state index in [1.54, 1.807) is 22.2 Å². The van der Waals surface area contributed by atoms with E-state index in [9.17, 15) is 19.2 Å². The summed E-state index contributed by atoms with van der Waals surface area (Å²) in [4.78, 5) is 71.2. The minimum atomic E-state index is -0.710. The molecule has 0 spiro atoms. The molecule has 0 aliphatic carbocycles. The fourth-order valence-electron chi connectivity index (χ4n) is 8.51. The van der Waals surface area contributed by atoms with Crippen LogP contribution in [0.5, 0.6) is 5.75 Å².